The van der Waals surface area contributed by atoms with Crippen molar-refractivity contribution in [1.29, 1.82) is 0 Å². The highest BCUT2D eigenvalue weighted by atomic mass is 16.5. The number of para-hydroxylation sites is 1. The Morgan fingerprint density at radius 1 is 1.15 bits per heavy atom. The Balaban J connectivity index is 1.57. The van der Waals surface area contributed by atoms with Crippen molar-refractivity contribution in [1.82, 2.24) is 20.4 Å². The van der Waals surface area contributed by atoms with E-state index in [-0.39, 0.29) is 48.4 Å². The maximum Gasteiger partial charge on any atom is 0.258 e. The second-order valence-corrected chi connectivity index (χ2v) is 12.0. The summed E-state index contributed by atoms with van der Waals surface area (Å²) in [5.74, 6) is -0.105. The zero-order chi connectivity index (χ0) is 28.0. The number of ether oxygens (including phenoxy) is 3. The van der Waals surface area contributed by atoms with E-state index in [9.17, 15) is 14.4 Å². The zero-order valence-electron chi connectivity index (χ0n) is 23.7. The van der Waals surface area contributed by atoms with Gasteiger partial charge in [-0.1, -0.05) is 32.9 Å². The summed E-state index contributed by atoms with van der Waals surface area (Å²) in [6.07, 6.45) is 2.64. The summed E-state index contributed by atoms with van der Waals surface area (Å²) in [4.78, 5) is 43.7. The Morgan fingerprint density at radius 2 is 1.95 bits per heavy atom. The maximum absolute atomic E-state index is 13.8. The number of benzene rings is 1. The van der Waals surface area contributed by atoms with E-state index in [0.29, 0.717) is 44.0 Å². The molecule has 0 unspecified atom stereocenters. The van der Waals surface area contributed by atoms with Crippen LogP contribution < -0.4 is 15.4 Å². The van der Waals surface area contributed by atoms with Crippen LogP contribution in [-0.2, 0) is 19.1 Å². The minimum Gasteiger partial charge on any atom is -0.493 e. The highest BCUT2D eigenvalue weighted by molar-refractivity contribution is 6.00. The summed E-state index contributed by atoms with van der Waals surface area (Å²) in [5.41, 5.74) is 0.644. The largest absolute Gasteiger partial charge is 0.493 e. The lowest BCUT2D eigenvalue weighted by atomic mass is 9.92. The lowest BCUT2D eigenvalue weighted by Gasteiger charge is -2.42. The van der Waals surface area contributed by atoms with Gasteiger partial charge in [0.1, 0.15) is 18.4 Å². The molecule has 0 aliphatic carbocycles. The van der Waals surface area contributed by atoms with Crippen molar-refractivity contribution >= 4 is 17.7 Å². The van der Waals surface area contributed by atoms with E-state index in [1.54, 1.807) is 17.0 Å². The van der Waals surface area contributed by atoms with Crippen molar-refractivity contribution in [3.8, 4) is 5.75 Å². The number of fused-ring (bicyclic) bond motifs is 4. The molecule has 0 saturated carbocycles. The van der Waals surface area contributed by atoms with Crippen molar-refractivity contribution < 1.29 is 28.6 Å². The number of amides is 3. The Bertz CT molecular complexity index is 1010. The third-order valence-corrected chi connectivity index (χ3v) is 7.74. The first-order valence-electron chi connectivity index (χ1n) is 14.1. The van der Waals surface area contributed by atoms with Crippen molar-refractivity contribution in [2.75, 3.05) is 53.0 Å². The predicted molar refractivity (Wildman–Crippen MR) is 147 cm³/mol. The molecule has 0 aromatic heterocycles. The fourth-order valence-electron chi connectivity index (χ4n) is 5.46. The summed E-state index contributed by atoms with van der Waals surface area (Å²) in [6, 6.07) is 6.36. The van der Waals surface area contributed by atoms with Crippen molar-refractivity contribution in [3.05, 3.63) is 29.8 Å². The summed E-state index contributed by atoms with van der Waals surface area (Å²) in [7, 11) is 1.48. The minimum absolute atomic E-state index is 0.0319. The Hall–Kier alpha value is -2.69. The Morgan fingerprint density at radius 3 is 2.72 bits per heavy atom. The SMILES string of the molecule is COCC(=O)N[C@@H]1CC[C@H]2CCOc3ccccc3C(=O)N3CCN(CCC(C)(C)C)C[C@H]3C(=O)NC[C@H]1O2. The molecule has 0 spiro atoms. The predicted octanol–water partition coefficient (Wildman–Crippen LogP) is 1.83. The van der Waals surface area contributed by atoms with E-state index in [0.717, 1.165) is 25.8 Å². The van der Waals surface area contributed by atoms with Gasteiger partial charge >= 0.3 is 0 Å². The Labute approximate surface area is 231 Å². The van der Waals surface area contributed by atoms with Crippen LogP contribution in [0.15, 0.2) is 24.3 Å². The molecular formula is C29H44N4O6. The first kappa shape index (κ1) is 29.3. The number of rotatable bonds is 5. The average Bonchev–Trinajstić information content (AvgIpc) is 2.90. The van der Waals surface area contributed by atoms with Gasteiger partial charge in [-0.25, -0.2) is 0 Å². The zero-order valence-corrected chi connectivity index (χ0v) is 23.7. The maximum atomic E-state index is 13.8. The molecule has 2 bridgehead atoms. The number of carbonyl (C=O) groups excluding carboxylic acids is 3. The number of piperazine rings is 1. The normalized spacial score (nSPS) is 26.9. The van der Waals surface area contributed by atoms with Gasteiger partial charge in [-0.2, -0.15) is 0 Å². The molecule has 10 heteroatoms. The van der Waals surface area contributed by atoms with Crippen LogP contribution in [-0.4, -0.2) is 105 Å². The molecule has 3 aliphatic heterocycles. The molecule has 3 amide bonds. The van der Waals surface area contributed by atoms with Gasteiger partial charge in [-0.15, -0.1) is 0 Å². The van der Waals surface area contributed by atoms with Gasteiger partial charge in [-0.05, 0) is 43.4 Å². The topological polar surface area (TPSA) is 109 Å². The first-order valence-corrected chi connectivity index (χ1v) is 14.1. The summed E-state index contributed by atoms with van der Waals surface area (Å²) in [5, 5.41) is 6.06. The summed E-state index contributed by atoms with van der Waals surface area (Å²) < 4.78 is 17.4. The summed E-state index contributed by atoms with van der Waals surface area (Å²) >= 11 is 0. The Kier molecular flexibility index (Phi) is 9.85. The van der Waals surface area contributed by atoms with Crippen LogP contribution in [0.2, 0.25) is 0 Å². The van der Waals surface area contributed by atoms with E-state index in [1.807, 2.05) is 12.1 Å². The molecule has 4 atom stereocenters. The number of hydrogen-bond acceptors (Lipinski definition) is 7. The van der Waals surface area contributed by atoms with Crippen molar-refractivity contribution in [2.24, 2.45) is 5.41 Å². The summed E-state index contributed by atoms with van der Waals surface area (Å²) in [6.45, 7) is 9.70. The van der Waals surface area contributed by atoms with E-state index < -0.39 is 12.1 Å². The van der Waals surface area contributed by atoms with Crippen LogP contribution in [0.4, 0.5) is 0 Å². The second kappa shape index (κ2) is 13.1. The molecular weight excluding hydrogens is 500 g/mol. The van der Waals surface area contributed by atoms with Crippen LogP contribution in [0.5, 0.6) is 5.75 Å². The van der Waals surface area contributed by atoms with Gasteiger partial charge in [-0.3, -0.25) is 19.3 Å². The minimum atomic E-state index is -0.650. The number of carbonyl (C=O) groups is 3. The fraction of sp³-hybridized carbons (Fsp3) is 0.690. The third-order valence-electron chi connectivity index (χ3n) is 7.74. The van der Waals surface area contributed by atoms with Gasteiger partial charge in [0.25, 0.3) is 5.91 Å². The molecule has 0 radical (unpaired) electrons. The van der Waals surface area contributed by atoms with Gasteiger partial charge in [0.05, 0.1) is 30.4 Å². The number of methoxy groups -OCH3 is 1. The van der Waals surface area contributed by atoms with Crippen LogP contribution in [0.25, 0.3) is 0 Å². The number of nitrogens with zero attached hydrogens (tertiary/aromatic N) is 2. The fourth-order valence-corrected chi connectivity index (χ4v) is 5.46. The molecule has 216 valence electrons. The van der Waals surface area contributed by atoms with Crippen molar-refractivity contribution in [3.63, 3.8) is 0 Å². The molecule has 3 aliphatic rings. The molecule has 3 heterocycles. The van der Waals surface area contributed by atoms with E-state index in [4.69, 9.17) is 14.2 Å². The third kappa shape index (κ3) is 7.93. The molecule has 2 fully saturated rings. The highest BCUT2D eigenvalue weighted by Gasteiger charge is 2.39. The van der Waals surface area contributed by atoms with Crippen LogP contribution in [0.3, 0.4) is 0 Å². The number of nitrogens with one attached hydrogen (secondary N) is 2. The standard InChI is InChI=1S/C29H44N4O6/c1-29(2,3)12-13-32-14-15-33-23(18-32)27(35)30-17-25-22(31-26(34)19-37-4)10-9-20(39-25)11-16-38-24-8-6-5-7-21(24)28(33)36/h5-8,20,22-23,25H,9-19H2,1-4H3,(H,30,35)(H,31,34)/t20-,22+,23-,25+/m0/s1. The average molecular weight is 545 g/mol. The molecule has 1 aromatic rings. The smallest absolute Gasteiger partial charge is 0.258 e. The lowest BCUT2D eigenvalue weighted by molar-refractivity contribution is -0.132. The highest BCUT2D eigenvalue weighted by Crippen LogP contribution is 2.27. The van der Waals surface area contributed by atoms with Gasteiger partial charge < -0.3 is 29.7 Å². The first-order chi connectivity index (χ1) is 18.6. The van der Waals surface area contributed by atoms with Gasteiger partial charge in [0.15, 0.2) is 0 Å². The molecule has 2 N–H and O–H groups in total. The van der Waals surface area contributed by atoms with E-state index >= 15 is 0 Å². The van der Waals surface area contributed by atoms with Crippen LogP contribution in [0.1, 0.15) is 56.8 Å². The van der Waals surface area contributed by atoms with Crippen LogP contribution in [0, 0.1) is 5.41 Å². The molecule has 4 rings (SSSR count). The van der Waals surface area contributed by atoms with E-state index in [1.165, 1.54) is 7.11 Å². The monoisotopic (exact) mass is 544 g/mol. The second-order valence-electron chi connectivity index (χ2n) is 12.0. The van der Waals surface area contributed by atoms with Crippen molar-refractivity contribution in [2.45, 2.75) is 70.7 Å². The van der Waals surface area contributed by atoms with Crippen LogP contribution >= 0.6 is 0 Å². The molecule has 39 heavy (non-hydrogen) atoms. The molecule has 1 aromatic carbocycles. The van der Waals surface area contributed by atoms with E-state index in [2.05, 4.69) is 36.3 Å². The van der Waals surface area contributed by atoms with Gasteiger partial charge in [0.2, 0.25) is 11.8 Å². The van der Waals surface area contributed by atoms with Gasteiger partial charge in [0, 0.05) is 39.7 Å². The number of hydrogen-bond donors (Lipinski definition) is 2. The molecule has 2 saturated heterocycles. The molecule has 10 nitrogen and oxygen atoms in total. The quantitative estimate of drug-likeness (QED) is 0.582. The lowest BCUT2D eigenvalue weighted by Crippen LogP contribution is -2.62.